The molecule has 0 saturated heterocycles. The van der Waals surface area contributed by atoms with Crippen LogP contribution >= 0.6 is 0 Å². The van der Waals surface area contributed by atoms with E-state index in [1.807, 2.05) is 38.1 Å². The summed E-state index contributed by atoms with van der Waals surface area (Å²) < 4.78 is 16.2. The summed E-state index contributed by atoms with van der Waals surface area (Å²) in [5.41, 5.74) is -0.227. The van der Waals surface area contributed by atoms with Crippen LogP contribution in [0, 0.1) is 0 Å². The largest absolute Gasteiger partial charge is 0.497 e. The predicted molar refractivity (Wildman–Crippen MR) is 93.6 cm³/mol. The average Bonchev–Trinajstić information content (AvgIpc) is 2.57. The van der Waals surface area contributed by atoms with Gasteiger partial charge in [0.05, 0.1) is 19.3 Å². The third-order valence-electron chi connectivity index (χ3n) is 3.40. The first-order valence-electron chi connectivity index (χ1n) is 7.77. The molecule has 0 fully saturated rings. The molecule has 0 unspecified atom stereocenters. The zero-order valence-corrected chi connectivity index (χ0v) is 14.8. The molecule has 0 aromatic heterocycles. The fraction of sp³-hybridized carbons (Fsp3) is 0.588. The van der Waals surface area contributed by atoms with Gasteiger partial charge in [-0.15, -0.1) is 0 Å². The van der Waals surface area contributed by atoms with E-state index in [-0.39, 0.29) is 5.60 Å². The van der Waals surface area contributed by atoms with E-state index < -0.39 is 0 Å². The van der Waals surface area contributed by atoms with Crippen LogP contribution in [-0.2, 0) is 4.74 Å². The third-order valence-corrected chi connectivity index (χ3v) is 3.40. The van der Waals surface area contributed by atoms with Crippen molar-refractivity contribution in [2.24, 2.45) is 4.99 Å². The second kappa shape index (κ2) is 9.94. The fourth-order valence-corrected chi connectivity index (χ4v) is 1.73. The van der Waals surface area contributed by atoms with E-state index in [1.165, 1.54) is 0 Å². The van der Waals surface area contributed by atoms with Crippen molar-refractivity contribution >= 4 is 5.96 Å². The highest BCUT2D eigenvalue weighted by atomic mass is 16.5. The maximum absolute atomic E-state index is 5.68. The molecule has 23 heavy (non-hydrogen) atoms. The van der Waals surface area contributed by atoms with Gasteiger partial charge < -0.3 is 24.8 Å². The summed E-state index contributed by atoms with van der Waals surface area (Å²) in [5.74, 6) is 2.43. The zero-order chi connectivity index (χ0) is 17.1. The lowest BCUT2D eigenvalue weighted by atomic mass is 10.1. The minimum atomic E-state index is -0.227. The standard InChI is InChI=1S/C17H29N3O3/c1-17(2,22-5)13-20-16(18-3)19-11-6-12-23-15-9-7-14(21-4)8-10-15/h7-10H,6,11-13H2,1-5H3,(H2,18,19,20). The van der Waals surface area contributed by atoms with Crippen molar-refractivity contribution in [3.63, 3.8) is 0 Å². The Balaban J connectivity index is 2.19. The zero-order valence-electron chi connectivity index (χ0n) is 14.8. The van der Waals surface area contributed by atoms with E-state index in [0.29, 0.717) is 13.2 Å². The highest BCUT2D eigenvalue weighted by molar-refractivity contribution is 5.79. The molecule has 0 radical (unpaired) electrons. The topological polar surface area (TPSA) is 64.1 Å². The van der Waals surface area contributed by atoms with E-state index >= 15 is 0 Å². The van der Waals surface area contributed by atoms with Gasteiger partial charge in [-0.25, -0.2) is 0 Å². The van der Waals surface area contributed by atoms with Gasteiger partial charge in [-0.1, -0.05) is 0 Å². The third kappa shape index (κ3) is 7.74. The molecule has 0 heterocycles. The number of guanidine groups is 1. The lowest BCUT2D eigenvalue weighted by Gasteiger charge is -2.24. The number of methoxy groups -OCH3 is 2. The van der Waals surface area contributed by atoms with Gasteiger partial charge in [0.1, 0.15) is 11.5 Å². The minimum absolute atomic E-state index is 0.227. The Kier molecular flexibility index (Phi) is 8.26. The van der Waals surface area contributed by atoms with E-state index in [2.05, 4.69) is 15.6 Å². The van der Waals surface area contributed by atoms with Gasteiger partial charge in [-0.05, 0) is 44.5 Å². The first kappa shape index (κ1) is 19.1. The molecule has 0 saturated carbocycles. The molecule has 1 aromatic carbocycles. The second-order valence-corrected chi connectivity index (χ2v) is 5.69. The van der Waals surface area contributed by atoms with Crippen LogP contribution in [0.1, 0.15) is 20.3 Å². The molecule has 0 aliphatic heterocycles. The van der Waals surface area contributed by atoms with Crippen molar-refractivity contribution in [1.82, 2.24) is 10.6 Å². The van der Waals surface area contributed by atoms with Crippen LogP contribution in [0.2, 0.25) is 0 Å². The van der Waals surface area contributed by atoms with Crippen LogP contribution in [0.25, 0.3) is 0 Å². The molecule has 2 N–H and O–H groups in total. The van der Waals surface area contributed by atoms with Gasteiger partial charge in [-0.3, -0.25) is 4.99 Å². The molecule has 1 aromatic rings. The molecule has 0 atom stereocenters. The van der Waals surface area contributed by atoms with E-state index in [0.717, 1.165) is 30.4 Å². The molecule has 0 aliphatic carbocycles. The van der Waals surface area contributed by atoms with Gasteiger partial charge in [-0.2, -0.15) is 0 Å². The van der Waals surface area contributed by atoms with Crippen LogP contribution in [0.3, 0.4) is 0 Å². The van der Waals surface area contributed by atoms with Crippen LogP contribution in [-0.4, -0.2) is 52.5 Å². The second-order valence-electron chi connectivity index (χ2n) is 5.69. The molecule has 0 spiro atoms. The summed E-state index contributed by atoms with van der Waals surface area (Å²) in [7, 11) is 5.10. The molecular formula is C17H29N3O3. The van der Waals surface area contributed by atoms with Crippen LogP contribution in [0.5, 0.6) is 11.5 Å². The van der Waals surface area contributed by atoms with Crippen LogP contribution in [0.15, 0.2) is 29.3 Å². The number of ether oxygens (including phenoxy) is 3. The summed E-state index contributed by atoms with van der Waals surface area (Å²) in [5, 5.41) is 6.49. The van der Waals surface area contributed by atoms with Crippen molar-refractivity contribution in [3.05, 3.63) is 24.3 Å². The molecule has 6 nitrogen and oxygen atoms in total. The molecule has 130 valence electrons. The number of nitrogens with one attached hydrogen (secondary N) is 2. The quantitative estimate of drug-likeness (QED) is 0.414. The summed E-state index contributed by atoms with van der Waals surface area (Å²) in [4.78, 5) is 4.18. The fourth-order valence-electron chi connectivity index (χ4n) is 1.73. The summed E-state index contributed by atoms with van der Waals surface area (Å²) >= 11 is 0. The Bertz CT molecular complexity index is 472. The lowest BCUT2D eigenvalue weighted by Crippen LogP contribution is -2.45. The SMILES string of the molecule is CN=C(NCCCOc1ccc(OC)cc1)NCC(C)(C)OC. The Labute approximate surface area is 139 Å². The maximum Gasteiger partial charge on any atom is 0.191 e. The van der Waals surface area contributed by atoms with E-state index in [1.54, 1.807) is 21.3 Å². The van der Waals surface area contributed by atoms with Crippen LogP contribution in [0.4, 0.5) is 0 Å². The van der Waals surface area contributed by atoms with E-state index in [4.69, 9.17) is 14.2 Å². The number of hydrogen-bond donors (Lipinski definition) is 2. The van der Waals surface area contributed by atoms with Crippen molar-refractivity contribution in [3.8, 4) is 11.5 Å². The molecule has 0 bridgehead atoms. The minimum Gasteiger partial charge on any atom is -0.497 e. The highest BCUT2D eigenvalue weighted by Gasteiger charge is 2.16. The maximum atomic E-state index is 5.68. The van der Waals surface area contributed by atoms with Gasteiger partial charge in [0.15, 0.2) is 5.96 Å². The van der Waals surface area contributed by atoms with Gasteiger partial charge in [0, 0.05) is 27.2 Å². The predicted octanol–water partition coefficient (Wildman–Crippen LogP) is 2.05. The Morgan fingerprint density at radius 2 is 1.74 bits per heavy atom. The Hall–Kier alpha value is -1.95. The number of rotatable bonds is 9. The first-order chi connectivity index (χ1) is 11.0. The molecule has 0 aliphatic rings. The number of aliphatic imine (C=N–C) groups is 1. The Morgan fingerprint density at radius 3 is 2.30 bits per heavy atom. The molecule has 6 heteroatoms. The Morgan fingerprint density at radius 1 is 1.09 bits per heavy atom. The van der Waals surface area contributed by atoms with Crippen molar-refractivity contribution < 1.29 is 14.2 Å². The van der Waals surface area contributed by atoms with Crippen molar-refractivity contribution in [2.45, 2.75) is 25.9 Å². The summed E-state index contributed by atoms with van der Waals surface area (Å²) in [6.45, 7) is 6.15. The molecular weight excluding hydrogens is 294 g/mol. The van der Waals surface area contributed by atoms with Gasteiger partial charge in [0.2, 0.25) is 0 Å². The number of hydrogen-bond acceptors (Lipinski definition) is 4. The van der Waals surface area contributed by atoms with Gasteiger partial charge in [0.25, 0.3) is 0 Å². The van der Waals surface area contributed by atoms with E-state index in [9.17, 15) is 0 Å². The molecule has 1 rings (SSSR count). The number of benzene rings is 1. The van der Waals surface area contributed by atoms with Crippen molar-refractivity contribution in [2.75, 3.05) is 41.0 Å². The average molecular weight is 323 g/mol. The van der Waals surface area contributed by atoms with Gasteiger partial charge >= 0.3 is 0 Å². The number of nitrogens with zero attached hydrogens (tertiary/aromatic N) is 1. The lowest BCUT2D eigenvalue weighted by molar-refractivity contribution is 0.0268. The summed E-state index contributed by atoms with van der Waals surface area (Å²) in [6, 6.07) is 7.58. The first-order valence-corrected chi connectivity index (χ1v) is 7.77. The van der Waals surface area contributed by atoms with Crippen LogP contribution < -0.4 is 20.1 Å². The molecule has 0 amide bonds. The normalized spacial score (nSPS) is 12.0. The smallest absolute Gasteiger partial charge is 0.191 e. The summed E-state index contributed by atoms with van der Waals surface area (Å²) in [6.07, 6.45) is 0.875. The highest BCUT2D eigenvalue weighted by Crippen LogP contribution is 2.16. The monoisotopic (exact) mass is 323 g/mol. The van der Waals surface area contributed by atoms with Crippen molar-refractivity contribution in [1.29, 1.82) is 0 Å².